The molecule has 1 aromatic rings. The van der Waals surface area contributed by atoms with Gasteiger partial charge in [-0.25, -0.2) is 0 Å². The molecule has 0 spiro atoms. The molecule has 2 aliphatic carbocycles. The molecular formula is C14H14Br2O. The SMILES string of the molecule is Cc1cc(Br)c(C(=O)C2C3CCCC32)cc1Br. The summed E-state index contributed by atoms with van der Waals surface area (Å²) in [5.41, 5.74) is 2.01. The number of benzene rings is 1. The first-order valence-electron chi connectivity index (χ1n) is 6.09. The van der Waals surface area contributed by atoms with Crippen LogP contribution >= 0.6 is 31.9 Å². The molecule has 2 aliphatic rings. The van der Waals surface area contributed by atoms with Crippen LogP contribution in [0, 0.1) is 24.7 Å². The van der Waals surface area contributed by atoms with E-state index in [0.717, 1.165) is 20.1 Å². The number of fused-ring (bicyclic) bond motifs is 1. The monoisotopic (exact) mass is 356 g/mol. The van der Waals surface area contributed by atoms with Gasteiger partial charge in [0.15, 0.2) is 5.78 Å². The Morgan fingerprint density at radius 2 is 1.82 bits per heavy atom. The number of hydrogen-bond acceptors (Lipinski definition) is 1. The van der Waals surface area contributed by atoms with Gasteiger partial charge in [0.05, 0.1) is 0 Å². The van der Waals surface area contributed by atoms with E-state index < -0.39 is 0 Å². The van der Waals surface area contributed by atoms with E-state index in [-0.39, 0.29) is 0 Å². The lowest BCUT2D eigenvalue weighted by Gasteiger charge is -2.08. The van der Waals surface area contributed by atoms with Crippen LogP contribution in [0.15, 0.2) is 21.1 Å². The molecule has 2 fully saturated rings. The standard InChI is InChI=1S/C14H14Br2O/c1-7-5-12(16)10(6-11(7)15)14(17)13-8-3-2-4-9(8)13/h5-6,8-9,13H,2-4H2,1H3. The number of halogens is 2. The molecule has 1 aromatic carbocycles. The van der Waals surface area contributed by atoms with Gasteiger partial charge in [0.1, 0.15) is 0 Å². The highest BCUT2D eigenvalue weighted by molar-refractivity contribution is 9.11. The summed E-state index contributed by atoms with van der Waals surface area (Å²) >= 11 is 7.02. The van der Waals surface area contributed by atoms with Crippen LogP contribution in [0.3, 0.4) is 0 Å². The Balaban J connectivity index is 1.89. The van der Waals surface area contributed by atoms with Crippen LogP contribution in [0.25, 0.3) is 0 Å². The molecule has 0 N–H and O–H groups in total. The van der Waals surface area contributed by atoms with Crippen molar-refractivity contribution in [1.82, 2.24) is 0 Å². The minimum absolute atomic E-state index is 0.314. The van der Waals surface area contributed by atoms with E-state index in [4.69, 9.17) is 0 Å². The zero-order valence-corrected chi connectivity index (χ0v) is 12.8. The zero-order chi connectivity index (χ0) is 12.2. The highest BCUT2D eigenvalue weighted by Gasteiger charge is 2.56. The summed E-state index contributed by atoms with van der Waals surface area (Å²) < 4.78 is 1.96. The number of rotatable bonds is 2. The third kappa shape index (κ3) is 1.91. The minimum Gasteiger partial charge on any atom is -0.294 e. The second kappa shape index (κ2) is 4.20. The molecule has 2 unspecified atom stereocenters. The Bertz CT molecular complexity index is 485. The Kier molecular flexibility index (Phi) is 2.94. The van der Waals surface area contributed by atoms with Gasteiger partial charge in [0, 0.05) is 20.4 Å². The molecule has 0 aliphatic heterocycles. The molecule has 0 radical (unpaired) electrons. The minimum atomic E-state index is 0.314. The van der Waals surface area contributed by atoms with Crippen molar-refractivity contribution in [1.29, 1.82) is 0 Å². The number of ketones is 1. The molecule has 2 saturated carbocycles. The van der Waals surface area contributed by atoms with E-state index >= 15 is 0 Å². The summed E-state index contributed by atoms with van der Waals surface area (Å²) in [6, 6.07) is 3.99. The first kappa shape index (κ1) is 11.9. The van der Waals surface area contributed by atoms with Gasteiger partial charge in [0.25, 0.3) is 0 Å². The topological polar surface area (TPSA) is 17.1 Å². The van der Waals surface area contributed by atoms with Crippen LogP contribution in [0.4, 0.5) is 0 Å². The molecule has 0 bridgehead atoms. The molecule has 0 aromatic heterocycles. The second-order valence-corrected chi connectivity index (χ2v) is 6.94. The van der Waals surface area contributed by atoms with E-state index in [1.165, 1.54) is 19.3 Å². The van der Waals surface area contributed by atoms with Gasteiger partial charge in [-0.05, 0) is 49.3 Å². The Morgan fingerprint density at radius 1 is 1.18 bits per heavy atom. The van der Waals surface area contributed by atoms with Crippen LogP contribution in [-0.4, -0.2) is 5.78 Å². The van der Waals surface area contributed by atoms with Gasteiger partial charge in [-0.2, -0.15) is 0 Å². The maximum Gasteiger partial charge on any atom is 0.167 e. The van der Waals surface area contributed by atoms with Crippen molar-refractivity contribution in [2.45, 2.75) is 26.2 Å². The van der Waals surface area contributed by atoms with Crippen LogP contribution in [0.2, 0.25) is 0 Å². The van der Waals surface area contributed by atoms with E-state index in [9.17, 15) is 4.79 Å². The fraction of sp³-hybridized carbons (Fsp3) is 0.500. The van der Waals surface area contributed by atoms with Gasteiger partial charge >= 0.3 is 0 Å². The molecule has 90 valence electrons. The number of carbonyl (C=O) groups excluding carboxylic acids is 1. The van der Waals surface area contributed by atoms with Gasteiger partial charge in [-0.3, -0.25) is 4.79 Å². The van der Waals surface area contributed by atoms with Gasteiger partial charge in [-0.15, -0.1) is 0 Å². The normalized spacial score (nSPS) is 30.2. The summed E-state index contributed by atoms with van der Waals surface area (Å²) in [6.07, 6.45) is 3.83. The number of carbonyl (C=O) groups is 1. The summed E-state index contributed by atoms with van der Waals surface area (Å²) in [5.74, 6) is 2.03. The van der Waals surface area contributed by atoms with Crippen molar-refractivity contribution in [3.8, 4) is 0 Å². The van der Waals surface area contributed by atoms with E-state index in [1.54, 1.807) is 0 Å². The molecule has 17 heavy (non-hydrogen) atoms. The van der Waals surface area contributed by atoms with Crippen LogP contribution < -0.4 is 0 Å². The van der Waals surface area contributed by atoms with Gasteiger partial charge in [-0.1, -0.05) is 38.3 Å². The Labute approximate surface area is 118 Å². The average molecular weight is 358 g/mol. The average Bonchev–Trinajstić information content (AvgIpc) is 2.76. The highest BCUT2D eigenvalue weighted by Crippen LogP contribution is 2.58. The van der Waals surface area contributed by atoms with Crippen molar-refractivity contribution in [2.75, 3.05) is 0 Å². The third-order valence-electron chi connectivity index (χ3n) is 4.22. The van der Waals surface area contributed by atoms with Crippen molar-refractivity contribution < 1.29 is 4.79 Å². The van der Waals surface area contributed by atoms with Crippen molar-refractivity contribution in [2.24, 2.45) is 17.8 Å². The second-order valence-electron chi connectivity index (χ2n) is 5.23. The number of aryl methyl sites for hydroxylation is 1. The molecule has 0 amide bonds. The molecule has 3 rings (SSSR count). The van der Waals surface area contributed by atoms with Crippen LogP contribution in [0.5, 0.6) is 0 Å². The van der Waals surface area contributed by atoms with Gasteiger partial charge < -0.3 is 0 Å². The summed E-state index contributed by atoms with van der Waals surface area (Å²) in [4.78, 5) is 12.5. The highest BCUT2D eigenvalue weighted by atomic mass is 79.9. The van der Waals surface area contributed by atoms with Crippen molar-refractivity contribution >= 4 is 37.6 Å². The smallest absolute Gasteiger partial charge is 0.167 e. The summed E-state index contributed by atoms with van der Waals surface area (Å²) in [5, 5.41) is 0. The van der Waals surface area contributed by atoms with E-state index in [2.05, 4.69) is 31.9 Å². The maximum absolute atomic E-state index is 12.5. The Morgan fingerprint density at radius 3 is 2.47 bits per heavy atom. The van der Waals surface area contributed by atoms with Crippen LogP contribution in [-0.2, 0) is 0 Å². The zero-order valence-electron chi connectivity index (χ0n) is 9.67. The van der Waals surface area contributed by atoms with Crippen molar-refractivity contribution in [3.63, 3.8) is 0 Å². The summed E-state index contributed by atoms with van der Waals surface area (Å²) in [6.45, 7) is 2.04. The lowest BCUT2D eigenvalue weighted by molar-refractivity contribution is 0.0951. The molecule has 0 saturated heterocycles. The summed E-state index contributed by atoms with van der Waals surface area (Å²) in [7, 11) is 0. The lowest BCUT2D eigenvalue weighted by Crippen LogP contribution is -2.07. The first-order chi connectivity index (χ1) is 8.09. The predicted molar refractivity (Wildman–Crippen MR) is 75.2 cm³/mol. The quantitative estimate of drug-likeness (QED) is 0.698. The lowest BCUT2D eigenvalue weighted by atomic mass is 10.0. The maximum atomic E-state index is 12.5. The Hall–Kier alpha value is -0.150. The van der Waals surface area contributed by atoms with Gasteiger partial charge in [0.2, 0.25) is 0 Å². The molecule has 1 nitrogen and oxygen atoms in total. The largest absolute Gasteiger partial charge is 0.294 e. The fourth-order valence-electron chi connectivity index (χ4n) is 3.23. The third-order valence-corrected chi connectivity index (χ3v) is 5.73. The van der Waals surface area contributed by atoms with Crippen molar-refractivity contribution in [3.05, 3.63) is 32.2 Å². The number of hydrogen-bond donors (Lipinski definition) is 0. The predicted octanol–water partition coefficient (Wildman–Crippen LogP) is 4.75. The molecule has 0 heterocycles. The van der Waals surface area contributed by atoms with E-state index in [0.29, 0.717) is 23.5 Å². The molecule has 3 heteroatoms. The van der Waals surface area contributed by atoms with Crippen LogP contribution in [0.1, 0.15) is 35.2 Å². The van der Waals surface area contributed by atoms with E-state index in [1.807, 2.05) is 19.1 Å². The fourth-order valence-corrected chi connectivity index (χ4v) is 4.22. The number of Topliss-reactive ketones (excluding diaryl/α,β-unsaturated/α-hetero) is 1. The molecular weight excluding hydrogens is 344 g/mol. The molecule has 2 atom stereocenters. The first-order valence-corrected chi connectivity index (χ1v) is 7.68.